The van der Waals surface area contributed by atoms with E-state index in [1.807, 2.05) is 73.0 Å². The van der Waals surface area contributed by atoms with Crippen LogP contribution in [0.25, 0.3) is 11.8 Å². The van der Waals surface area contributed by atoms with E-state index in [9.17, 15) is 14.4 Å². The van der Waals surface area contributed by atoms with Crippen molar-refractivity contribution in [3.8, 4) is 11.4 Å². The molecule has 0 bridgehead atoms. The number of halogens is 1. The van der Waals surface area contributed by atoms with Gasteiger partial charge in [0.15, 0.2) is 0 Å². The standard InChI is InChI=1S/C25H21ClN2O5S/c1-15-11-18(12-22-24(31)27(13-23(29)30)25(32)34-22)16(2)28(15)19-7-9-20(10-8-19)33-14-17-5-3-4-6-21(17)26/h3-12H,13-14H2,1-2H3,(H,29,30)/b22-12+. The number of rotatable bonds is 7. The lowest BCUT2D eigenvalue weighted by molar-refractivity contribution is -0.140. The zero-order valence-electron chi connectivity index (χ0n) is 18.4. The predicted octanol–water partition coefficient (Wildman–Crippen LogP) is 5.45. The van der Waals surface area contributed by atoms with E-state index in [-0.39, 0.29) is 4.91 Å². The van der Waals surface area contributed by atoms with Crippen LogP contribution in [-0.2, 0) is 16.2 Å². The van der Waals surface area contributed by atoms with Crippen molar-refractivity contribution >= 4 is 46.6 Å². The average molecular weight is 497 g/mol. The number of imide groups is 1. The lowest BCUT2D eigenvalue weighted by Crippen LogP contribution is -2.33. The second kappa shape index (κ2) is 9.79. The number of ether oxygens (including phenoxy) is 1. The number of hydrogen-bond donors (Lipinski definition) is 1. The van der Waals surface area contributed by atoms with Crippen molar-refractivity contribution < 1.29 is 24.2 Å². The van der Waals surface area contributed by atoms with Gasteiger partial charge >= 0.3 is 5.97 Å². The first-order chi connectivity index (χ1) is 16.2. The van der Waals surface area contributed by atoms with Crippen LogP contribution in [0, 0.1) is 13.8 Å². The monoisotopic (exact) mass is 496 g/mol. The number of carboxylic acid groups (broad SMARTS) is 1. The molecule has 1 aliphatic heterocycles. The van der Waals surface area contributed by atoms with Crippen LogP contribution < -0.4 is 4.74 Å². The van der Waals surface area contributed by atoms with Gasteiger partial charge in [0.1, 0.15) is 18.9 Å². The normalized spacial score (nSPS) is 14.8. The molecule has 174 valence electrons. The summed E-state index contributed by atoms with van der Waals surface area (Å²) in [5, 5.41) is 9.00. The van der Waals surface area contributed by atoms with E-state index in [0.29, 0.717) is 17.4 Å². The van der Waals surface area contributed by atoms with E-state index >= 15 is 0 Å². The molecule has 9 heteroatoms. The Morgan fingerprint density at radius 2 is 1.82 bits per heavy atom. The number of carboxylic acids is 1. The largest absolute Gasteiger partial charge is 0.489 e. The van der Waals surface area contributed by atoms with Crippen LogP contribution in [0.15, 0.2) is 59.5 Å². The molecule has 1 fully saturated rings. The lowest BCUT2D eigenvalue weighted by Gasteiger charge is -2.12. The average Bonchev–Trinajstić information content (AvgIpc) is 3.22. The van der Waals surface area contributed by atoms with Crippen molar-refractivity contribution in [2.75, 3.05) is 6.54 Å². The zero-order valence-corrected chi connectivity index (χ0v) is 20.0. The van der Waals surface area contributed by atoms with E-state index in [1.165, 1.54) is 0 Å². The van der Waals surface area contributed by atoms with E-state index in [2.05, 4.69) is 0 Å². The van der Waals surface area contributed by atoms with Gasteiger partial charge in [-0.1, -0.05) is 29.8 Å². The molecule has 2 heterocycles. The van der Waals surface area contributed by atoms with Gasteiger partial charge in [0.2, 0.25) is 0 Å². The number of carbonyl (C=O) groups is 3. The van der Waals surface area contributed by atoms with E-state index < -0.39 is 23.7 Å². The van der Waals surface area contributed by atoms with E-state index in [4.69, 9.17) is 21.4 Å². The van der Waals surface area contributed by atoms with Gasteiger partial charge < -0.3 is 14.4 Å². The van der Waals surface area contributed by atoms with Crippen LogP contribution in [0.5, 0.6) is 5.75 Å². The number of nitrogens with zero attached hydrogens (tertiary/aromatic N) is 2. The van der Waals surface area contributed by atoms with Crippen molar-refractivity contribution in [2.24, 2.45) is 0 Å². The number of amides is 2. The smallest absolute Gasteiger partial charge is 0.323 e. The van der Waals surface area contributed by atoms with Crippen LogP contribution in [0.4, 0.5) is 4.79 Å². The minimum atomic E-state index is -1.24. The molecular formula is C25H21ClN2O5S. The molecule has 1 N–H and O–H groups in total. The fraction of sp³-hybridized carbons (Fsp3) is 0.160. The van der Waals surface area contributed by atoms with Gasteiger partial charge in [-0.2, -0.15) is 0 Å². The highest BCUT2D eigenvalue weighted by Crippen LogP contribution is 2.33. The first kappa shape index (κ1) is 23.7. The first-order valence-electron chi connectivity index (χ1n) is 10.4. The summed E-state index contributed by atoms with van der Waals surface area (Å²) in [5.41, 5.74) is 4.42. The summed E-state index contributed by atoms with van der Waals surface area (Å²) in [6.07, 6.45) is 1.63. The maximum absolute atomic E-state index is 12.5. The first-order valence-corrected chi connectivity index (χ1v) is 11.6. The van der Waals surface area contributed by atoms with Crippen molar-refractivity contribution in [1.29, 1.82) is 0 Å². The molecule has 1 aromatic heterocycles. The van der Waals surface area contributed by atoms with Gasteiger partial charge in [-0.3, -0.25) is 19.3 Å². The van der Waals surface area contributed by atoms with E-state index in [0.717, 1.165) is 44.9 Å². The number of aromatic nitrogens is 1. The van der Waals surface area contributed by atoms with Gasteiger partial charge in [0.05, 0.1) is 4.91 Å². The highest BCUT2D eigenvalue weighted by molar-refractivity contribution is 8.18. The summed E-state index contributed by atoms with van der Waals surface area (Å²) >= 11 is 6.93. The third-order valence-corrected chi connectivity index (χ3v) is 6.65. The summed E-state index contributed by atoms with van der Waals surface area (Å²) in [4.78, 5) is 36.4. The third-order valence-electron chi connectivity index (χ3n) is 5.37. The number of benzene rings is 2. The number of aryl methyl sites for hydroxylation is 1. The Labute approximate surface area is 205 Å². The highest BCUT2D eigenvalue weighted by Gasteiger charge is 2.36. The lowest BCUT2D eigenvalue weighted by atomic mass is 10.2. The summed E-state index contributed by atoms with van der Waals surface area (Å²) in [6.45, 7) is 3.58. The molecule has 2 amide bonds. The van der Waals surface area contributed by atoms with Gasteiger partial charge in [0, 0.05) is 27.7 Å². The highest BCUT2D eigenvalue weighted by atomic mass is 35.5. The second-order valence-corrected chi connectivity index (χ2v) is 9.10. The van der Waals surface area contributed by atoms with Crippen LogP contribution >= 0.6 is 23.4 Å². The fourth-order valence-electron chi connectivity index (χ4n) is 3.71. The molecule has 0 spiro atoms. The molecule has 0 unspecified atom stereocenters. The molecule has 1 saturated heterocycles. The van der Waals surface area contributed by atoms with Crippen molar-refractivity contribution in [3.63, 3.8) is 0 Å². The molecule has 3 aromatic rings. The minimum absolute atomic E-state index is 0.204. The molecular weight excluding hydrogens is 476 g/mol. The third kappa shape index (κ3) is 4.88. The van der Waals surface area contributed by atoms with Crippen molar-refractivity contribution in [1.82, 2.24) is 9.47 Å². The van der Waals surface area contributed by atoms with Gasteiger partial charge in [-0.05, 0) is 73.6 Å². The molecule has 2 aromatic carbocycles. The summed E-state index contributed by atoms with van der Waals surface area (Å²) in [5.74, 6) is -1.12. The Morgan fingerprint density at radius 3 is 2.50 bits per heavy atom. The van der Waals surface area contributed by atoms with Crippen LogP contribution in [0.1, 0.15) is 22.5 Å². The van der Waals surface area contributed by atoms with Crippen LogP contribution in [0.3, 0.4) is 0 Å². The molecule has 34 heavy (non-hydrogen) atoms. The molecule has 4 rings (SSSR count). The van der Waals surface area contributed by atoms with Gasteiger partial charge in [-0.25, -0.2) is 0 Å². The van der Waals surface area contributed by atoms with Crippen molar-refractivity contribution in [2.45, 2.75) is 20.5 Å². The van der Waals surface area contributed by atoms with Gasteiger partial charge in [-0.15, -0.1) is 0 Å². The molecule has 0 aliphatic carbocycles. The number of aliphatic carboxylic acids is 1. The summed E-state index contributed by atoms with van der Waals surface area (Å²) < 4.78 is 7.89. The number of hydrogen-bond acceptors (Lipinski definition) is 5. The molecule has 0 radical (unpaired) electrons. The van der Waals surface area contributed by atoms with Gasteiger partial charge in [0.25, 0.3) is 11.1 Å². The predicted molar refractivity (Wildman–Crippen MR) is 131 cm³/mol. The fourth-order valence-corrected chi connectivity index (χ4v) is 4.73. The Morgan fingerprint density at radius 1 is 1.12 bits per heavy atom. The number of carbonyl (C=O) groups excluding carboxylic acids is 2. The minimum Gasteiger partial charge on any atom is -0.489 e. The summed E-state index contributed by atoms with van der Waals surface area (Å²) in [6, 6.07) is 17.1. The van der Waals surface area contributed by atoms with Crippen LogP contribution in [0.2, 0.25) is 5.02 Å². The molecule has 0 atom stereocenters. The van der Waals surface area contributed by atoms with E-state index in [1.54, 1.807) is 6.08 Å². The molecule has 1 aliphatic rings. The maximum Gasteiger partial charge on any atom is 0.323 e. The SMILES string of the molecule is Cc1cc(/C=C2/SC(=O)N(CC(=O)O)C2=O)c(C)n1-c1ccc(OCc2ccccc2Cl)cc1. The molecule has 0 saturated carbocycles. The number of thioether (sulfide) groups is 1. The quantitative estimate of drug-likeness (QED) is 0.438. The second-order valence-electron chi connectivity index (χ2n) is 7.70. The Bertz CT molecular complexity index is 1310. The van der Waals surface area contributed by atoms with Crippen LogP contribution in [-0.4, -0.2) is 38.2 Å². The Balaban J connectivity index is 1.53. The summed E-state index contributed by atoms with van der Waals surface area (Å²) in [7, 11) is 0. The Hall–Kier alpha value is -3.49. The zero-order chi connectivity index (χ0) is 24.4. The van der Waals surface area contributed by atoms with Crippen molar-refractivity contribution in [3.05, 3.63) is 87.0 Å². The topological polar surface area (TPSA) is 88.8 Å². The molecule has 7 nitrogen and oxygen atoms in total. The Kier molecular flexibility index (Phi) is 6.81. The maximum atomic E-state index is 12.5.